The lowest BCUT2D eigenvalue weighted by Gasteiger charge is -2.26. The van der Waals surface area contributed by atoms with E-state index in [9.17, 15) is 9.59 Å². The summed E-state index contributed by atoms with van der Waals surface area (Å²) >= 11 is 0. The molecule has 0 aromatic heterocycles. The van der Waals surface area contributed by atoms with Gasteiger partial charge in [-0.2, -0.15) is 0 Å². The Hall–Kier alpha value is -4.74. The van der Waals surface area contributed by atoms with Crippen molar-refractivity contribution in [2.75, 3.05) is 43.0 Å². The van der Waals surface area contributed by atoms with Gasteiger partial charge in [-0.1, -0.05) is 24.3 Å². The molecule has 2 atom stereocenters. The van der Waals surface area contributed by atoms with Crippen molar-refractivity contribution in [2.45, 2.75) is 19.1 Å². The molecule has 3 aromatic rings. The number of anilines is 3. The van der Waals surface area contributed by atoms with E-state index in [0.717, 1.165) is 0 Å². The summed E-state index contributed by atoms with van der Waals surface area (Å²) in [5, 5.41) is 14.5. The topological polar surface area (TPSA) is 151 Å². The molecule has 0 unspecified atom stereocenters. The number of hydrogen-bond donors (Lipinski definition) is 4. The van der Waals surface area contributed by atoms with Crippen LogP contribution in [-0.2, 0) is 14.3 Å². The first-order valence-corrected chi connectivity index (χ1v) is 12.6. The Bertz CT molecular complexity index is 1350. The van der Waals surface area contributed by atoms with Gasteiger partial charge in [0.25, 0.3) is 0 Å². The smallest absolute Gasteiger partial charge is 0.412 e. The van der Waals surface area contributed by atoms with Gasteiger partial charge in [-0.05, 0) is 55.0 Å². The average Bonchev–Trinajstić information content (AvgIpc) is 3.42. The second-order valence-corrected chi connectivity index (χ2v) is 8.52. The summed E-state index contributed by atoms with van der Waals surface area (Å²) in [7, 11) is 0. The molecular weight excluding hydrogens is 518 g/mol. The molecule has 40 heavy (non-hydrogen) atoms. The molecule has 0 aliphatic carbocycles. The minimum atomic E-state index is -0.975. The van der Waals surface area contributed by atoms with Gasteiger partial charge in [0.1, 0.15) is 18.5 Å². The number of carbonyl (C=O) groups excluding carboxylic acids is 2. The lowest BCUT2D eigenvalue weighted by molar-refractivity contribution is -0.112. The first kappa shape index (κ1) is 28.3. The number of aliphatic hydroxyl groups excluding tert-OH is 1. The first-order valence-electron chi connectivity index (χ1n) is 12.6. The molecule has 0 spiro atoms. The van der Waals surface area contributed by atoms with Crippen molar-refractivity contribution < 1.29 is 38.4 Å². The van der Waals surface area contributed by atoms with Crippen LogP contribution in [0.1, 0.15) is 18.6 Å². The highest BCUT2D eigenvalue weighted by molar-refractivity contribution is 6.01. The molecule has 0 bridgehead atoms. The van der Waals surface area contributed by atoms with Crippen LogP contribution < -0.4 is 30.6 Å². The molecule has 0 saturated carbocycles. The van der Waals surface area contributed by atoms with E-state index in [4.69, 9.17) is 34.5 Å². The molecule has 2 amide bonds. The fourth-order valence-corrected chi connectivity index (χ4v) is 3.91. The highest BCUT2D eigenvalue weighted by atomic mass is 16.7. The van der Waals surface area contributed by atoms with Gasteiger partial charge in [0.05, 0.1) is 18.0 Å². The summed E-state index contributed by atoms with van der Waals surface area (Å²) in [4.78, 5) is 25.7. The third kappa shape index (κ3) is 7.65. The molecule has 0 fully saturated rings. The molecule has 5 N–H and O–H groups in total. The molecule has 11 nitrogen and oxygen atoms in total. The molecule has 1 aliphatic rings. The van der Waals surface area contributed by atoms with Gasteiger partial charge in [0.15, 0.2) is 17.6 Å². The standard InChI is InChI=1S/C29H31N3O8/c1-2-36-25(12-13-27(34)32-23-9-4-3-8-22(23)30)28(19-6-5-7-21(16-19)37-15-14-33)40-29(35)31-20-10-11-24-26(17-20)39-18-38-24/h3-13,16-17,25,28,33H,2,14-15,18,30H2,1H3,(H,31,35)(H,32,34)/b13-12+/t25-,28-/m0/s1. The van der Waals surface area contributed by atoms with Gasteiger partial charge in [0, 0.05) is 24.4 Å². The molecule has 210 valence electrons. The van der Waals surface area contributed by atoms with E-state index < -0.39 is 24.2 Å². The number of aliphatic hydroxyl groups is 1. The minimum Gasteiger partial charge on any atom is -0.491 e. The number of hydrogen-bond acceptors (Lipinski definition) is 9. The van der Waals surface area contributed by atoms with E-state index >= 15 is 0 Å². The van der Waals surface area contributed by atoms with Crippen LogP contribution in [-0.4, -0.2) is 49.8 Å². The number of amides is 2. The highest BCUT2D eigenvalue weighted by Crippen LogP contribution is 2.35. The SMILES string of the molecule is CCO[C@@H](/C=C/C(=O)Nc1ccccc1N)[C@@H](OC(=O)Nc1ccc2c(c1)OCO2)c1cccc(OCCO)c1. The van der Waals surface area contributed by atoms with Crippen molar-refractivity contribution in [3.63, 3.8) is 0 Å². The molecule has 4 rings (SSSR count). The van der Waals surface area contributed by atoms with Crippen LogP contribution in [0.5, 0.6) is 17.2 Å². The van der Waals surface area contributed by atoms with Gasteiger partial charge in [0.2, 0.25) is 12.7 Å². The number of ether oxygens (including phenoxy) is 5. The van der Waals surface area contributed by atoms with Gasteiger partial charge >= 0.3 is 6.09 Å². The van der Waals surface area contributed by atoms with Crippen LogP contribution in [0.3, 0.4) is 0 Å². The first-order chi connectivity index (χ1) is 19.5. The van der Waals surface area contributed by atoms with E-state index in [2.05, 4.69) is 10.6 Å². The van der Waals surface area contributed by atoms with Crippen LogP contribution in [0, 0.1) is 0 Å². The Morgan fingerprint density at radius 3 is 2.67 bits per heavy atom. The predicted molar refractivity (Wildman–Crippen MR) is 148 cm³/mol. The van der Waals surface area contributed by atoms with Crippen LogP contribution in [0.25, 0.3) is 0 Å². The van der Waals surface area contributed by atoms with E-state index in [1.807, 2.05) is 0 Å². The highest BCUT2D eigenvalue weighted by Gasteiger charge is 2.27. The lowest BCUT2D eigenvalue weighted by atomic mass is 10.0. The van der Waals surface area contributed by atoms with Crippen molar-refractivity contribution in [1.82, 2.24) is 0 Å². The van der Waals surface area contributed by atoms with E-state index in [1.165, 1.54) is 12.2 Å². The molecule has 1 heterocycles. The number of benzene rings is 3. The molecule has 3 aromatic carbocycles. The van der Waals surface area contributed by atoms with Gasteiger partial charge in [-0.3, -0.25) is 10.1 Å². The van der Waals surface area contributed by atoms with Crippen LogP contribution >= 0.6 is 0 Å². The maximum absolute atomic E-state index is 13.0. The van der Waals surface area contributed by atoms with Crippen LogP contribution in [0.2, 0.25) is 0 Å². The number of nitrogen functional groups attached to an aromatic ring is 1. The van der Waals surface area contributed by atoms with Gasteiger partial charge in [-0.15, -0.1) is 0 Å². The summed E-state index contributed by atoms with van der Waals surface area (Å²) in [6, 6.07) is 18.7. The number of nitrogens with one attached hydrogen (secondary N) is 2. The Balaban J connectivity index is 1.56. The molecule has 11 heteroatoms. The molecule has 0 saturated heterocycles. The average molecular weight is 550 g/mol. The number of para-hydroxylation sites is 2. The zero-order chi connectivity index (χ0) is 28.3. The summed E-state index contributed by atoms with van der Waals surface area (Å²) in [6.07, 6.45) is 0.227. The van der Waals surface area contributed by atoms with Crippen molar-refractivity contribution >= 4 is 29.1 Å². The van der Waals surface area contributed by atoms with Gasteiger partial charge in [-0.25, -0.2) is 4.79 Å². The predicted octanol–water partition coefficient (Wildman–Crippen LogP) is 4.26. The van der Waals surface area contributed by atoms with Crippen molar-refractivity contribution in [3.05, 3.63) is 84.4 Å². The molecule has 1 aliphatic heterocycles. The van der Waals surface area contributed by atoms with Crippen LogP contribution in [0.15, 0.2) is 78.9 Å². The maximum Gasteiger partial charge on any atom is 0.412 e. The summed E-state index contributed by atoms with van der Waals surface area (Å²) < 4.78 is 28.0. The van der Waals surface area contributed by atoms with Crippen molar-refractivity contribution in [2.24, 2.45) is 0 Å². The fourth-order valence-electron chi connectivity index (χ4n) is 3.91. The molecule has 0 radical (unpaired) electrons. The normalized spacial score (nSPS) is 13.4. The fraction of sp³-hybridized carbons (Fsp3) is 0.241. The second-order valence-electron chi connectivity index (χ2n) is 8.52. The zero-order valence-electron chi connectivity index (χ0n) is 21.9. The van der Waals surface area contributed by atoms with Crippen molar-refractivity contribution in [3.8, 4) is 17.2 Å². The van der Waals surface area contributed by atoms with Crippen LogP contribution in [0.4, 0.5) is 21.9 Å². The largest absolute Gasteiger partial charge is 0.491 e. The number of rotatable bonds is 12. The quantitative estimate of drug-likeness (QED) is 0.192. The third-order valence-electron chi connectivity index (χ3n) is 5.71. The van der Waals surface area contributed by atoms with Crippen molar-refractivity contribution in [1.29, 1.82) is 0 Å². The summed E-state index contributed by atoms with van der Waals surface area (Å²) in [5.41, 5.74) is 7.80. The Labute approximate surface area is 231 Å². The number of nitrogens with two attached hydrogens (primary N) is 1. The van der Waals surface area contributed by atoms with E-state index in [-0.39, 0.29) is 26.6 Å². The Morgan fingerprint density at radius 1 is 1.05 bits per heavy atom. The summed E-state index contributed by atoms with van der Waals surface area (Å²) in [6.45, 7) is 2.10. The number of fused-ring (bicyclic) bond motifs is 1. The lowest BCUT2D eigenvalue weighted by Crippen LogP contribution is -2.28. The summed E-state index contributed by atoms with van der Waals surface area (Å²) in [5.74, 6) is 1.11. The molecular formula is C29H31N3O8. The zero-order valence-corrected chi connectivity index (χ0v) is 21.9. The maximum atomic E-state index is 13.0. The van der Waals surface area contributed by atoms with Gasteiger partial charge < -0.3 is 39.8 Å². The monoisotopic (exact) mass is 549 g/mol. The second kappa shape index (κ2) is 13.9. The van der Waals surface area contributed by atoms with E-state index in [0.29, 0.717) is 39.9 Å². The third-order valence-corrected chi connectivity index (χ3v) is 5.71. The minimum absolute atomic E-state index is 0.0944. The Kier molecular flexibility index (Phi) is 9.81. The Morgan fingerprint density at radius 2 is 1.88 bits per heavy atom. The number of carbonyl (C=O) groups is 2. The van der Waals surface area contributed by atoms with E-state index in [1.54, 1.807) is 73.7 Å².